The Hall–Kier alpha value is 12.1. The molecule has 11 heteroatoms. The van der Waals surface area contributed by atoms with Gasteiger partial charge < -0.3 is 18.3 Å². The summed E-state index contributed by atoms with van der Waals surface area (Å²) in [6.07, 6.45) is 9.00. The Morgan fingerprint density at radius 2 is 0.667 bits per heavy atom. The third-order valence-electron chi connectivity index (χ3n) is 3.48. The standard InChI is InChI=1S/C10H14.11Y/c1-7-2-9-4-8(1)5-10(3-7)6-9;;;;;;;;;;;/h7-8H,1-6H2;;;;;;;;;;;/q-2;;;;;;;;;;;. The Morgan fingerprint density at radius 1 is 0.429 bits per heavy atom. The molecule has 89 valence electrons. The number of rotatable bonds is 0. The van der Waals surface area contributed by atoms with Crippen LogP contribution < -0.4 is 0 Å². The van der Waals surface area contributed by atoms with Crippen LogP contribution in [0.25, 0.3) is 0 Å². The first-order chi connectivity index (χ1) is 4.90. The van der Waals surface area contributed by atoms with E-state index in [9.17, 15) is 0 Å². The van der Waals surface area contributed by atoms with E-state index in [1.165, 1.54) is 32.1 Å². The maximum atomic E-state index is 1.90. The summed E-state index contributed by atoms with van der Waals surface area (Å²) in [7, 11) is 0. The minimum Gasteiger partial charge on any atom is -0.342 e. The van der Waals surface area contributed by atoms with Crippen molar-refractivity contribution >= 4 is 0 Å². The van der Waals surface area contributed by atoms with Crippen molar-refractivity contribution in [2.24, 2.45) is 11.8 Å². The average Bonchev–Trinajstić information content (AvgIpc) is 1.82. The van der Waals surface area contributed by atoms with Crippen LogP contribution in [0.15, 0.2) is 0 Å². The molecule has 4 aliphatic rings. The summed E-state index contributed by atoms with van der Waals surface area (Å²) in [5.74, 6) is 6.00. The Bertz CT molecular complexity index is 113. The van der Waals surface area contributed by atoms with Gasteiger partial charge >= 0.3 is 0 Å². The van der Waals surface area contributed by atoms with Crippen LogP contribution in [0.1, 0.15) is 38.5 Å². The fourth-order valence-electron chi connectivity index (χ4n) is 3.39. The van der Waals surface area contributed by atoms with E-state index in [2.05, 4.69) is 0 Å². The monoisotopic (exact) mass is 1110 g/mol. The Kier molecular flexibility index (Phi) is 96.0. The van der Waals surface area contributed by atoms with Gasteiger partial charge in [-0.2, -0.15) is 25.7 Å². The van der Waals surface area contributed by atoms with Crippen LogP contribution >= 0.6 is 0 Å². The van der Waals surface area contributed by atoms with Crippen molar-refractivity contribution < 1.29 is 360 Å². The van der Waals surface area contributed by atoms with E-state index >= 15 is 0 Å². The summed E-state index contributed by atoms with van der Waals surface area (Å²) in [6.45, 7) is 0. The molecule has 0 heterocycles. The van der Waals surface area contributed by atoms with E-state index < -0.39 is 0 Å². The SMILES string of the molecule is C1[C-]2CC3C[C-]1CC(C2)C3.[Y].[Y].[Y].[Y].[Y].[Y].[Y].[Y].[Y].[Y].[Y]. The topological polar surface area (TPSA) is 0 Å². The molecule has 11 radical (unpaired) electrons. The largest absolute Gasteiger partial charge is 0.342 e. The van der Waals surface area contributed by atoms with E-state index in [0.717, 1.165) is 11.8 Å². The second-order valence-corrected chi connectivity index (χ2v) is 4.46. The second kappa shape index (κ2) is 34.3. The molecule has 0 unspecified atom stereocenters. The summed E-state index contributed by atoms with van der Waals surface area (Å²) >= 11 is 0. The zero-order chi connectivity index (χ0) is 6.55. The molecule has 4 rings (SSSR count). The van der Waals surface area contributed by atoms with Gasteiger partial charge in [0, 0.05) is 360 Å². The zero-order valence-electron chi connectivity index (χ0n) is 12.7. The molecule has 0 aliphatic heterocycles. The van der Waals surface area contributed by atoms with Crippen LogP contribution in [0.5, 0.6) is 0 Å². The van der Waals surface area contributed by atoms with E-state index in [4.69, 9.17) is 0 Å². The molecule has 0 aromatic heterocycles. The quantitative estimate of drug-likeness (QED) is 0.328. The van der Waals surface area contributed by atoms with Crippen molar-refractivity contribution in [1.29, 1.82) is 0 Å². The van der Waals surface area contributed by atoms with Crippen molar-refractivity contribution in [3.63, 3.8) is 0 Å². The minimum atomic E-state index is 0. The van der Waals surface area contributed by atoms with Crippen LogP contribution in [0.4, 0.5) is 0 Å². The van der Waals surface area contributed by atoms with Crippen LogP contribution in [-0.2, 0) is 360 Å². The molecule has 0 spiro atoms. The maximum absolute atomic E-state index is 1.90. The first-order valence-electron chi connectivity index (χ1n) is 4.57. The first kappa shape index (κ1) is 58.7. The third-order valence-corrected chi connectivity index (χ3v) is 3.48. The van der Waals surface area contributed by atoms with Crippen LogP contribution in [-0.4, -0.2) is 0 Å². The third kappa shape index (κ3) is 22.4. The van der Waals surface area contributed by atoms with E-state index in [-0.39, 0.29) is 360 Å². The molecule has 0 saturated heterocycles. The Morgan fingerprint density at radius 3 is 0.857 bits per heavy atom. The molecule has 4 fully saturated rings. The van der Waals surface area contributed by atoms with Crippen LogP contribution in [0.2, 0.25) is 0 Å². The average molecular weight is 1110 g/mol. The molecule has 4 bridgehead atoms. The van der Waals surface area contributed by atoms with Gasteiger partial charge in [0.05, 0.1) is 0 Å². The summed E-state index contributed by atoms with van der Waals surface area (Å²) < 4.78 is 0. The van der Waals surface area contributed by atoms with Crippen molar-refractivity contribution in [2.75, 3.05) is 0 Å². The van der Waals surface area contributed by atoms with Crippen molar-refractivity contribution in [2.45, 2.75) is 38.5 Å². The molecule has 0 N–H and O–H groups in total. The Balaban J connectivity index is -0.0000000187. The van der Waals surface area contributed by atoms with Gasteiger partial charge in [0.1, 0.15) is 0 Å². The van der Waals surface area contributed by atoms with Gasteiger partial charge in [0.25, 0.3) is 0 Å². The fraction of sp³-hybridized carbons (Fsp3) is 0.800. The normalized spacial score (nSPS) is 22.3. The van der Waals surface area contributed by atoms with Crippen molar-refractivity contribution in [1.82, 2.24) is 0 Å². The van der Waals surface area contributed by atoms with Gasteiger partial charge in [-0.25, -0.2) is 0 Å². The number of hydrogen-bond donors (Lipinski definition) is 0. The van der Waals surface area contributed by atoms with Crippen molar-refractivity contribution in [3.05, 3.63) is 11.8 Å². The van der Waals surface area contributed by atoms with Crippen LogP contribution in [0, 0.1) is 23.7 Å². The second-order valence-electron chi connectivity index (χ2n) is 4.46. The first-order valence-corrected chi connectivity index (χ1v) is 4.57. The van der Waals surface area contributed by atoms with Crippen molar-refractivity contribution in [3.8, 4) is 0 Å². The zero-order valence-corrected chi connectivity index (χ0v) is 44.0. The molecule has 0 aromatic rings. The van der Waals surface area contributed by atoms with Gasteiger partial charge in [-0.05, 0) is 0 Å². The molecule has 0 amide bonds. The van der Waals surface area contributed by atoms with Gasteiger partial charge in [-0.15, -0.1) is 0 Å². The van der Waals surface area contributed by atoms with Crippen LogP contribution in [0.3, 0.4) is 0 Å². The molecule has 0 atom stereocenters. The van der Waals surface area contributed by atoms with Gasteiger partial charge in [-0.3, -0.25) is 0 Å². The molecule has 0 nitrogen and oxygen atoms in total. The summed E-state index contributed by atoms with van der Waals surface area (Å²) in [6, 6.07) is 0. The summed E-state index contributed by atoms with van der Waals surface area (Å²) in [4.78, 5) is 0. The summed E-state index contributed by atoms with van der Waals surface area (Å²) in [5.41, 5.74) is 0. The molecular weight excluding hydrogens is 1100 g/mol. The van der Waals surface area contributed by atoms with E-state index in [1.54, 1.807) is 6.42 Å². The van der Waals surface area contributed by atoms with Gasteiger partial charge in [0.15, 0.2) is 0 Å². The fourth-order valence-corrected chi connectivity index (χ4v) is 3.39. The molecular formula is C10H14Y11-2. The van der Waals surface area contributed by atoms with E-state index in [1.807, 2.05) is 11.8 Å². The van der Waals surface area contributed by atoms with Gasteiger partial charge in [-0.1, -0.05) is 18.3 Å². The maximum Gasteiger partial charge on any atom is 0 e. The molecule has 4 aliphatic carbocycles. The smallest absolute Gasteiger partial charge is 0 e. The molecule has 4 saturated carbocycles. The number of hydrogen-bond acceptors (Lipinski definition) is 0. The van der Waals surface area contributed by atoms with Gasteiger partial charge in [0.2, 0.25) is 0 Å². The Labute approximate surface area is 408 Å². The minimum absolute atomic E-state index is 0. The predicted molar refractivity (Wildman–Crippen MR) is 41.2 cm³/mol. The molecule has 21 heavy (non-hydrogen) atoms. The van der Waals surface area contributed by atoms with E-state index in [0.29, 0.717) is 0 Å². The predicted octanol–water partition coefficient (Wildman–Crippen LogP) is 2.72. The summed E-state index contributed by atoms with van der Waals surface area (Å²) in [5, 5.41) is 0. The molecule has 0 aromatic carbocycles.